The molecule has 0 fully saturated rings. The average molecular weight is 223 g/mol. The molecule has 0 saturated carbocycles. The minimum absolute atomic E-state index is 0.298. The highest BCUT2D eigenvalue weighted by Crippen LogP contribution is 2.13. The third kappa shape index (κ3) is 2.93. The third-order valence-corrected chi connectivity index (χ3v) is 2.14. The number of rotatable bonds is 6. The van der Waals surface area contributed by atoms with E-state index in [-0.39, 0.29) is 5.97 Å². The zero-order valence-corrected chi connectivity index (χ0v) is 9.64. The summed E-state index contributed by atoms with van der Waals surface area (Å²) >= 11 is 0. The van der Waals surface area contributed by atoms with Crippen LogP contribution < -0.4 is 5.32 Å². The first-order valence-corrected chi connectivity index (χ1v) is 5.17. The SMILES string of the molecule is C=CCNC(C(=O)OCC)c1cncn1C. The fourth-order valence-corrected chi connectivity index (χ4v) is 1.38. The molecular weight excluding hydrogens is 206 g/mol. The van der Waals surface area contributed by atoms with Crippen molar-refractivity contribution in [1.29, 1.82) is 0 Å². The maximum Gasteiger partial charge on any atom is 0.329 e. The summed E-state index contributed by atoms with van der Waals surface area (Å²) < 4.78 is 6.79. The molecule has 5 nitrogen and oxygen atoms in total. The van der Waals surface area contributed by atoms with Gasteiger partial charge in [0.15, 0.2) is 0 Å². The number of carbonyl (C=O) groups is 1. The highest BCUT2D eigenvalue weighted by atomic mass is 16.5. The molecule has 88 valence electrons. The molecule has 1 atom stereocenters. The molecule has 0 aliphatic rings. The molecule has 1 unspecified atom stereocenters. The molecule has 0 aliphatic carbocycles. The summed E-state index contributed by atoms with van der Waals surface area (Å²) in [5.41, 5.74) is 0.778. The number of nitrogens with zero attached hydrogens (tertiary/aromatic N) is 2. The Morgan fingerprint density at radius 3 is 3.06 bits per heavy atom. The molecule has 1 heterocycles. The van der Waals surface area contributed by atoms with Crippen LogP contribution in [0.1, 0.15) is 18.7 Å². The van der Waals surface area contributed by atoms with Gasteiger partial charge in [-0.3, -0.25) is 5.32 Å². The van der Waals surface area contributed by atoms with Gasteiger partial charge in [-0.15, -0.1) is 6.58 Å². The van der Waals surface area contributed by atoms with E-state index in [4.69, 9.17) is 4.74 Å². The van der Waals surface area contributed by atoms with E-state index in [0.29, 0.717) is 13.2 Å². The van der Waals surface area contributed by atoms with E-state index in [0.717, 1.165) is 5.69 Å². The van der Waals surface area contributed by atoms with E-state index in [1.54, 1.807) is 30.1 Å². The normalized spacial score (nSPS) is 12.1. The monoisotopic (exact) mass is 223 g/mol. The molecule has 0 radical (unpaired) electrons. The lowest BCUT2D eigenvalue weighted by atomic mass is 10.2. The fraction of sp³-hybridized carbons (Fsp3) is 0.455. The topological polar surface area (TPSA) is 56.1 Å². The summed E-state index contributed by atoms with van der Waals surface area (Å²) in [5.74, 6) is -0.298. The maximum absolute atomic E-state index is 11.7. The van der Waals surface area contributed by atoms with Crippen molar-refractivity contribution in [2.24, 2.45) is 7.05 Å². The first kappa shape index (κ1) is 12.4. The van der Waals surface area contributed by atoms with Gasteiger partial charge in [0.05, 0.1) is 24.8 Å². The average Bonchev–Trinajstić information content (AvgIpc) is 2.66. The number of carbonyl (C=O) groups excluding carboxylic acids is 1. The highest BCUT2D eigenvalue weighted by Gasteiger charge is 2.23. The molecule has 1 rings (SSSR count). The molecule has 0 aliphatic heterocycles. The fourth-order valence-electron chi connectivity index (χ4n) is 1.38. The molecule has 0 saturated heterocycles. The molecule has 0 spiro atoms. The third-order valence-electron chi connectivity index (χ3n) is 2.14. The van der Waals surface area contributed by atoms with Crippen molar-refractivity contribution in [3.05, 3.63) is 30.9 Å². The molecule has 1 aromatic rings. The van der Waals surface area contributed by atoms with Gasteiger partial charge in [0.2, 0.25) is 0 Å². The van der Waals surface area contributed by atoms with Crippen LogP contribution in [0.2, 0.25) is 0 Å². The number of esters is 1. The molecular formula is C11H17N3O2. The minimum atomic E-state index is -0.495. The van der Waals surface area contributed by atoms with Gasteiger partial charge in [-0.25, -0.2) is 9.78 Å². The van der Waals surface area contributed by atoms with E-state index in [9.17, 15) is 4.79 Å². The number of hydrogen-bond acceptors (Lipinski definition) is 4. The Labute approximate surface area is 95.1 Å². The van der Waals surface area contributed by atoms with Crippen LogP contribution in [-0.4, -0.2) is 28.7 Å². The van der Waals surface area contributed by atoms with Gasteiger partial charge in [0.25, 0.3) is 0 Å². The van der Waals surface area contributed by atoms with Crippen molar-refractivity contribution in [2.45, 2.75) is 13.0 Å². The second kappa shape index (κ2) is 6.07. The van der Waals surface area contributed by atoms with Gasteiger partial charge in [-0.2, -0.15) is 0 Å². The van der Waals surface area contributed by atoms with Crippen LogP contribution in [0.25, 0.3) is 0 Å². The first-order valence-electron chi connectivity index (χ1n) is 5.17. The summed E-state index contributed by atoms with van der Waals surface area (Å²) in [6, 6.07) is -0.495. The van der Waals surface area contributed by atoms with Gasteiger partial charge in [-0.05, 0) is 6.92 Å². The van der Waals surface area contributed by atoms with Crippen LogP contribution in [0.4, 0.5) is 0 Å². The summed E-state index contributed by atoms with van der Waals surface area (Å²) in [7, 11) is 1.84. The quantitative estimate of drug-likeness (QED) is 0.572. The standard InChI is InChI=1S/C11H17N3O2/c1-4-6-13-10(11(15)16-5-2)9-7-12-8-14(9)3/h4,7-8,10,13H,1,5-6H2,2-3H3. The molecule has 1 aromatic heterocycles. The predicted octanol–water partition coefficient (Wildman–Crippen LogP) is 0.800. The van der Waals surface area contributed by atoms with Crippen LogP contribution in [-0.2, 0) is 16.6 Å². The zero-order chi connectivity index (χ0) is 12.0. The molecule has 16 heavy (non-hydrogen) atoms. The predicted molar refractivity (Wildman–Crippen MR) is 60.8 cm³/mol. The van der Waals surface area contributed by atoms with Crippen molar-refractivity contribution in [3.8, 4) is 0 Å². The first-order chi connectivity index (χ1) is 7.70. The molecule has 0 aromatic carbocycles. The second-order valence-corrected chi connectivity index (χ2v) is 3.31. The minimum Gasteiger partial charge on any atom is -0.465 e. The van der Waals surface area contributed by atoms with Crippen LogP contribution in [0.15, 0.2) is 25.2 Å². The molecule has 5 heteroatoms. The summed E-state index contributed by atoms with van der Waals surface area (Å²) in [4.78, 5) is 15.7. The van der Waals surface area contributed by atoms with Crippen molar-refractivity contribution >= 4 is 5.97 Å². The maximum atomic E-state index is 11.7. The van der Waals surface area contributed by atoms with Gasteiger partial charge in [-0.1, -0.05) is 6.08 Å². The Bertz CT molecular complexity index is 360. The van der Waals surface area contributed by atoms with E-state index in [1.165, 1.54) is 0 Å². The Hall–Kier alpha value is -1.62. The lowest BCUT2D eigenvalue weighted by Crippen LogP contribution is -2.31. The lowest BCUT2D eigenvalue weighted by Gasteiger charge is -2.16. The van der Waals surface area contributed by atoms with Gasteiger partial charge in [0, 0.05) is 13.6 Å². The van der Waals surface area contributed by atoms with Gasteiger partial charge in [0.1, 0.15) is 6.04 Å². The van der Waals surface area contributed by atoms with Gasteiger partial charge < -0.3 is 9.30 Å². The van der Waals surface area contributed by atoms with E-state index in [1.807, 2.05) is 7.05 Å². The van der Waals surface area contributed by atoms with Crippen molar-refractivity contribution in [3.63, 3.8) is 0 Å². The van der Waals surface area contributed by atoms with E-state index in [2.05, 4.69) is 16.9 Å². The zero-order valence-electron chi connectivity index (χ0n) is 9.64. The Morgan fingerprint density at radius 1 is 1.81 bits per heavy atom. The lowest BCUT2D eigenvalue weighted by molar-refractivity contribution is -0.146. The number of nitrogens with one attached hydrogen (secondary N) is 1. The second-order valence-electron chi connectivity index (χ2n) is 3.31. The Kier molecular flexibility index (Phi) is 4.72. The van der Waals surface area contributed by atoms with Gasteiger partial charge >= 0.3 is 5.97 Å². The van der Waals surface area contributed by atoms with E-state index < -0.39 is 6.04 Å². The molecule has 1 N–H and O–H groups in total. The van der Waals surface area contributed by atoms with Crippen LogP contribution >= 0.6 is 0 Å². The number of hydrogen-bond donors (Lipinski definition) is 1. The Morgan fingerprint density at radius 2 is 2.56 bits per heavy atom. The van der Waals surface area contributed by atoms with Crippen LogP contribution in [0.3, 0.4) is 0 Å². The summed E-state index contributed by atoms with van der Waals surface area (Å²) in [5, 5.41) is 3.04. The van der Waals surface area contributed by atoms with Crippen LogP contribution in [0, 0.1) is 0 Å². The van der Waals surface area contributed by atoms with Crippen molar-refractivity contribution in [2.75, 3.05) is 13.2 Å². The van der Waals surface area contributed by atoms with E-state index >= 15 is 0 Å². The number of aromatic nitrogens is 2. The number of aryl methyl sites for hydroxylation is 1. The van der Waals surface area contributed by atoms with Crippen molar-refractivity contribution in [1.82, 2.24) is 14.9 Å². The number of ether oxygens (including phenoxy) is 1. The Balaban J connectivity index is 2.82. The summed E-state index contributed by atoms with van der Waals surface area (Å²) in [6.45, 7) is 6.29. The molecule has 0 amide bonds. The summed E-state index contributed by atoms with van der Waals surface area (Å²) in [6.07, 6.45) is 5.00. The number of imidazole rings is 1. The van der Waals surface area contributed by atoms with Crippen molar-refractivity contribution < 1.29 is 9.53 Å². The highest BCUT2D eigenvalue weighted by molar-refractivity contribution is 5.77. The van der Waals surface area contributed by atoms with Crippen LogP contribution in [0.5, 0.6) is 0 Å². The smallest absolute Gasteiger partial charge is 0.329 e. The molecule has 0 bridgehead atoms. The largest absolute Gasteiger partial charge is 0.465 e.